The molecule has 2 rings (SSSR count). The lowest BCUT2D eigenvalue weighted by molar-refractivity contribution is 0.946. The Morgan fingerprint density at radius 1 is 1.50 bits per heavy atom. The average molecular weight is 247 g/mol. The number of rotatable bonds is 0. The van der Waals surface area contributed by atoms with Crippen molar-refractivity contribution < 1.29 is 0 Å². The molecule has 12 heavy (non-hydrogen) atoms. The molecule has 62 valence electrons. The van der Waals surface area contributed by atoms with E-state index in [1.54, 1.807) is 12.1 Å². The van der Waals surface area contributed by atoms with E-state index in [0.717, 1.165) is 0 Å². The minimum absolute atomic E-state index is 0.388. The van der Waals surface area contributed by atoms with Crippen molar-refractivity contribution in [3.8, 4) is 0 Å². The fourth-order valence-corrected chi connectivity index (χ4v) is 1.39. The Bertz CT molecular complexity index is 438. The second-order valence-corrected chi connectivity index (χ2v) is 3.35. The lowest BCUT2D eigenvalue weighted by Gasteiger charge is -1.93. The SMILES string of the molecule is Nc1c(Br)nc2ccc(Cl)nn12. The first-order valence-corrected chi connectivity index (χ1v) is 4.32. The minimum Gasteiger partial charge on any atom is -0.381 e. The molecule has 0 atom stereocenters. The molecule has 2 aromatic rings. The fourth-order valence-electron chi connectivity index (χ4n) is 0.901. The molecular formula is C6H4BrClN4. The van der Waals surface area contributed by atoms with Crippen molar-refractivity contribution in [2.45, 2.75) is 0 Å². The van der Waals surface area contributed by atoms with Gasteiger partial charge < -0.3 is 5.73 Å². The number of nitrogens with zero attached hydrogens (tertiary/aromatic N) is 3. The van der Waals surface area contributed by atoms with Crippen LogP contribution in [0.4, 0.5) is 5.82 Å². The topological polar surface area (TPSA) is 56.2 Å². The van der Waals surface area contributed by atoms with Crippen molar-refractivity contribution in [2.24, 2.45) is 0 Å². The number of nitrogens with two attached hydrogens (primary N) is 1. The zero-order valence-corrected chi connectivity index (χ0v) is 8.17. The highest BCUT2D eigenvalue weighted by molar-refractivity contribution is 9.10. The van der Waals surface area contributed by atoms with Crippen molar-refractivity contribution in [3.63, 3.8) is 0 Å². The van der Waals surface area contributed by atoms with Crippen molar-refractivity contribution >= 4 is 39.0 Å². The Kier molecular flexibility index (Phi) is 1.69. The predicted octanol–water partition coefficient (Wildman–Crippen LogP) is 1.73. The molecule has 0 aromatic carbocycles. The first-order chi connectivity index (χ1) is 5.68. The summed E-state index contributed by atoms with van der Waals surface area (Å²) in [7, 11) is 0. The summed E-state index contributed by atoms with van der Waals surface area (Å²) in [6.45, 7) is 0. The molecule has 0 radical (unpaired) electrons. The van der Waals surface area contributed by atoms with Gasteiger partial charge in [-0.25, -0.2) is 4.98 Å². The Labute approximate surface area is 81.5 Å². The molecule has 2 aromatic heterocycles. The monoisotopic (exact) mass is 246 g/mol. The number of imidazole rings is 1. The number of halogens is 2. The van der Waals surface area contributed by atoms with Gasteiger partial charge in [0.25, 0.3) is 0 Å². The lowest BCUT2D eigenvalue weighted by Crippen LogP contribution is -1.97. The summed E-state index contributed by atoms with van der Waals surface area (Å²) >= 11 is 8.86. The molecule has 4 nitrogen and oxygen atoms in total. The van der Waals surface area contributed by atoms with Gasteiger partial charge in [0.1, 0.15) is 5.15 Å². The van der Waals surface area contributed by atoms with Crippen LogP contribution in [0.3, 0.4) is 0 Å². The van der Waals surface area contributed by atoms with E-state index in [1.165, 1.54) is 4.52 Å². The largest absolute Gasteiger partial charge is 0.381 e. The highest BCUT2D eigenvalue weighted by Crippen LogP contribution is 2.19. The molecule has 6 heteroatoms. The number of nitrogen functional groups attached to an aromatic ring is 1. The van der Waals surface area contributed by atoms with Crippen LogP contribution in [0.2, 0.25) is 5.15 Å². The molecule has 0 unspecified atom stereocenters. The van der Waals surface area contributed by atoms with E-state index in [-0.39, 0.29) is 0 Å². The van der Waals surface area contributed by atoms with Gasteiger partial charge in [-0.3, -0.25) is 0 Å². The van der Waals surface area contributed by atoms with Gasteiger partial charge in [0.2, 0.25) is 0 Å². The Balaban J connectivity index is 2.88. The van der Waals surface area contributed by atoms with Crippen LogP contribution in [0.5, 0.6) is 0 Å². The quantitative estimate of drug-likeness (QED) is 0.771. The van der Waals surface area contributed by atoms with Crippen LogP contribution in [0.15, 0.2) is 16.7 Å². The summed E-state index contributed by atoms with van der Waals surface area (Å²) in [6.07, 6.45) is 0. The molecule has 0 amide bonds. The van der Waals surface area contributed by atoms with Crippen LogP contribution in [0.1, 0.15) is 0 Å². The molecule has 0 saturated heterocycles. The van der Waals surface area contributed by atoms with Crippen LogP contribution in [0.25, 0.3) is 5.65 Å². The smallest absolute Gasteiger partial charge is 0.160 e. The molecule has 0 spiro atoms. The van der Waals surface area contributed by atoms with Gasteiger partial charge >= 0.3 is 0 Å². The number of hydrogen-bond donors (Lipinski definition) is 1. The van der Waals surface area contributed by atoms with Crippen molar-refractivity contribution in [2.75, 3.05) is 5.73 Å². The van der Waals surface area contributed by atoms with E-state index in [0.29, 0.717) is 21.2 Å². The molecule has 0 aliphatic carbocycles. The maximum atomic E-state index is 5.67. The van der Waals surface area contributed by atoms with E-state index in [4.69, 9.17) is 17.3 Å². The minimum atomic E-state index is 0.388. The third-order valence-electron chi connectivity index (χ3n) is 1.43. The summed E-state index contributed by atoms with van der Waals surface area (Å²) in [4.78, 5) is 4.09. The second-order valence-electron chi connectivity index (χ2n) is 2.21. The van der Waals surface area contributed by atoms with Gasteiger partial charge in [0, 0.05) is 0 Å². The highest BCUT2D eigenvalue weighted by Gasteiger charge is 2.06. The maximum Gasteiger partial charge on any atom is 0.160 e. The van der Waals surface area contributed by atoms with E-state index >= 15 is 0 Å². The first kappa shape index (κ1) is 7.82. The molecule has 0 aliphatic heterocycles. The van der Waals surface area contributed by atoms with Crippen LogP contribution in [0, 0.1) is 0 Å². The molecule has 0 saturated carbocycles. The van der Waals surface area contributed by atoms with Crippen LogP contribution in [-0.4, -0.2) is 14.6 Å². The Hall–Kier alpha value is -0.810. The fraction of sp³-hybridized carbons (Fsp3) is 0. The summed E-state index contributed by atoms with van der Waals surface area (Å²) < 4.78 is 2.06. The van der Waals surface area contributed by atoms with E-state index in [9.17, 15) is 0 Å². The standard InChI is InChI=1S/C6H4BrClN4/c7-5-6(9)12-4(10-5)2-1-3(8)11-12/h1-2H,9H2. The van der Waals surface area contributed by atoms with Crippen molar-refractivity contribution in [1.82, 2.24) is 14.6 Å². The van der Waals surface area contributed by atoms with Gasteiger partial charge in [-0.05, 0) is 28.1 Å². The molecule has 0 aliphatic rings. The van der Waals surface area contributed by atoms with Gasteiger partial charge in [-0.2, -0.15) is 9.61 Å². The van der Waals surface area contributed by atoms with Gasteiger partial charge in [0.15, 0.2) is 16.1 Å². The molecule has 0 bridgehead atoms. The molecule has 2 heterocycles. The van der Waals surface area contributed by atoms with E-state index in [1.807, 2.05) is 0 Å². The number of fused-ring (bicyclic) bond motifs is 1. The average Bonchev–Trinajstić information content (AvgIpc) is 2.31. The van der Waals surface area contributed by atoms with Crippen molar-refractivity contribution in [1.29, 1.82) is 0 Å². The highest BCUT2D eigenvalue weighted by atomic mass is 79.9. The lowest BCUT2D eigenvalue weighted by atomic mass is 10.6. The second kappa shape index (κ2) is 2.60. The number of anilines is 1. The maximum absolute atomic E-state index is 5.67. The van der Waals surface area contributed by atoms with Crippen LogP contribution >= 0.6 is 27.5 Å². The number of hydrogen-bond acceptors (Lipinski definition) is 3. The first-order valence-electron chi connectivity index (χ1n) is 3.15. The third kappa shape index (κ3) is 1.05. The predicted molar refractivity (Wildman–Crippen MR) is 50.1 cm³/mol. The zero-order valence-electron chi connectivity index (χ0n) is 5.83. The Morgan fingerprint density at radius 3 is 3.00 bits per heavy atom. The summed E-state index contributed by atoms with van der Waals surface area (Å²) in [5, 5.41) is 4.35. The van der Waals surface area contributed by atoms with Gasteiger partial charge in [-0.15, -0.1) is 0 Å². The molecule has 0 fully saturated rings. The van der Waals surface area contributed by atoms with Gasteiger partial charge in [0.05, 0.1) is 0 Å². The summed E-state index contributed by atoms with van der Waals surface area (Å²) in [6, 6.07) is 3.41. The summed E-state index contributed by atoms with van der Waals surface area (Å²) in [5.41, 5.74) is 6.31. The third-order valence-corrected chi connectivity index (χ3v) is 2.22. The molecular weight excluding hydrogens is 243 g/mol. The van der Waals surface area contributed by atoms with Crippen LogP contribution in [-0.2, 0) is 0 Å². The summed E-state index contributed by atoms with van der Waals surface area (Å²) in [5.74, 6) is 0.451. The van der Waals surface area contributed by atoms with E-state index in [2.05, 4.69) is 26.0 Å². The van der Waals surface area contributed by atoms with E-state index < -0.39 is 0 Å². The zero-order chi connectivity index (χ0) is 8.72. The van der Waals surface area contributed by atoms with Crippen molar-refractivity contribution in [3.05, 3.63) is 21.9 Å². The molecule has 2 N–H and O–H groups in total. The Morgan fingerprint density at radius 2 is 2.25 bits per heavy atom. The van der Waals surface area contributed by atoms with Gasteiger partial charge in [-0.1, -0.05) is 11.6 Å². The van der Waals surface area contributed by atoms with Crippen LogP contribution < -0.4 is 5.73 Å². The number of aromatic nitrogens is 3. The normalized spacial score (nSPS) is 10.8.